The molecule has 2 fully saturated rings. The van der Waals surface area contributed by atoms with Gasteiger partial charge in [-0.1, -0.05) is 11.6 Å². The number of rotatable bonds is 5. The lowest BCUT2D eigenvalue weighted by Gasteiger charge is -2.31. The molecule has 2 aliphatic rings. The highest BCUT2D eigenvalue weighted by molar-refractivity contribution is 6.30. The van der Waals surface area contributed by atoms with Gasteiger partial charge in [-0.15, -0.1) is 0 Å². The number of nitrogens with one attached hydrogen (secondary N) is 2. The Morgan fingerprint density at radius 3 is 2.29 bits per heavy atom. The van der Waals surface area contributed by atoms with Crippen molar-refractivity contribution in [1.29, 1.82) is 0 Å². The fourth-order valence-electron chi connectivity index (χ4n) is 2.96. The third-order valence-corrected chi connectivity index (χ3v) is 4.97. The van der Waals surface area contributed by atoms with Gasteiger partial charge in [0.1, 0.15) is 0 Å². The van der Waals surface area contributed by atoms with Crippen LogP contribution >= 0.6 is 11.6 Å². The van der Waals surface area contributed by atoms with E-state index in [2.05, 4.69) is 10.6 Å². The maximum absolute atomic E-state index is 12.5. The van der Waals surface area contributed by atoms with Gasteiger partial charge >= 0.3 is 12.0 Å². The Morgan fingerprint density at radius 2 is 1.68 bits per heavy atom. The molecule has 28 heavy (non-hydrogen) atoms. The van der Waals surface area contributed by atoms with E-state index in [-0.39, 0.29) is 17.9 Å². The summed E-state index contributed by atoms with van der Waals surface area (Å²) in [5, 5.41) is 5.30. The van der Waals surface area contributed by atoms with Crippen LogP contribution in [0.5, 0.6) is 0 Å². The largest absolute Gasteiger partial charge is 0.455 e. The van der Waals surface area contributed by atoms with Gasteiger partial charge in [0.05, 0.1) is 5.92 Å². The highest BCUT2D eigenvalue weighted by Gasteiger charge is 2.29. The third kappa shape index (κ3) is 5.69. The number of carbonyl (C=O) groups is 4. The zero-order chi connectivity index (χ0) is 20.1. The Bertz CT molecular complexity index is 755. The summed E-state index contributed by atoms with van der Waals surface area (Å²) in [5.74, 6) is -1.63. The van der Waals surface area contributed by atoms with Gasteiger partial charge in [-0.05, 0) is 49.9 Å². The van der Waals surface area contributed by atoms with Gasteiger partial charge in [-0.2, -0.15) is 0 Å². The van der Waals surface area contributed by atoms with Gasteiger partial charge in [-0.25, -0.2) is 4.79 Å². The first kappa shape index (κ1) is 20.1. The Kier molecular flexibility index (Phi) is 6.51. The summed E-state index contributed by atoms with van der Waals surface area (Å²) in [6.07, 6.45) is 2.75. The molecule has 0 aromatic heterocycles. The number of amides is 4. The number of carbonyl (C=O) groups excluding carboxylic acids is 4. The van der Waals surface area contributed by atoms with Crippen LogP contribution in [0.4, 0.5) is 4.79 Å². The van der Waals surface area contributed by atoms with Gasteiger partial charge in [0.15, 0.2) is 6.61 Å². The number of nitrogens with zero attached hydrogens (tertiary/aromatic N) is 1. The Morgan fingerprint density at radius 1 is 1.04 bits per heavy atom. The van der Waals surface area contributed by atoms with Crippen molar-refractivity contribution in [2.45, 2.75) is 31.7 Å². The number of hydrogen-bond donors (Lipinski definition) is 2. The Balaban J connectivity index is 1.38. The number of likely N-dealkylation sites (tertiary alicyclic amines) is 1. The minimum Gasteiger partial charge on any atom is -0.455 e. The number of imide groups is 1. The first-order valence-electron chi connectivity index (χ1n) is 9.24. The van der Waals surface area contributed by atoms with Gasteiger partial charge in [-0.3, -0.25) is 19.7 Å². The molecule has 150 valence electrons. The van der Waals surface area contributed by atoms with Crippen molar-refractivity contribution in [3.63, 3.8) is 0 Å². The molecule has 1 saturated carbocycles. The fourth-order valence-corrected chi connectivity index (χ4v) is 3.09. The van der Waals surface area contributed by atoms with E-state index in [0.29, 0.717) is 36.5 Å². The molecule has 4 amide bonds. The monoisotopic (exact) mass is 407 g/mol. The fraction of sp³-hybridized carbons (Fsp3) is 0.474. The summed E-state index contributed by atoms with van der Waals surface area (Å²) >= 11 is 5.83. The number of hydrogen-bond acceptors (Lipinski definition) is 5. The van der Waals surface area contributed by atoms with E-state index in [1.807, 2.05) is 0 Å². The van der Waals surface area contributed by atoms with E-state index in [1.54, 1.807) is 29.2 Å². The van der Waals surface area contributed by atoms with E-state index in [4.69, 9.17) is 16.3 Å². The molecule has 9 heteroatoms. The van der Waals surface area contributed by atoms with Crippen LogP contribution in [0.2, 0.25) is 5.02 Å². The number of benzene rings is 1. The van der Waals surface area contributed by atoms with Gasteiger partial charge in [0.2, 0.25) is 0 Å². The third-order valence-electron chi connectivity index (χ3n) is 4.72. The summed E-state index contributed by atoms with van der Waals surface area (Å²) in [6.45, 7) is 0.356. The molecule has 0 spiro atoms. The SMILES string of the molecule is O=C(COC(=O)C1CCN(C(=O)c2ccc(Cl)cc2)CC1)NC(=O)NC1CC1. The molecule has 1 aliphatic carbocycles. The lowest BCUT2D eigenvalue weighted by molar-refractivity contribution is -0.153. The van der Waals surface area contributed by atoms with Crippen molar-refractivity contribution in [2.75, 3.05) is 19.7 Å². The van der Waals surface area contributed by atoms with Crippen LogP contribution in [0.3, 0.4) is 0 Å². The molecule has 1 aromatic carbocycles. The van der Waals surface area contributed by atoms with Gasteiger partial charge in [0.25, 0.3) is 11.8 Å². The zero-order valence-electron chi connectivity index (χ0n) is 15.3. The summed E-state index contributed by atoms with van der Waals surface area (Å²) in [7, 11) is 0. The predicted molar refractivity (Wildman–Crippen MR) is 101 cm³/mol. The molecule has 1 aromatic rings. The van der Waals surface area contributed by atoms with E-state index < -0.39 is 24.5 Å². The van der Waals surface area contributed by atoms with Gasteiger partial charge < -0.3 is 15.0 Å². The van der Waals surface area contributed by atoms with Crippen LogP contribution in [-0.4, -0.2) is 54.5 Å². The van der Waals surface area contributed by atoms with Crippen molar-refractivity contribution < 1.29 is 23.9 Å². The second-order valence-corrected chi connectivity index (χ2v) is 7.41. The number of urea groups is 1. The number of piperidine rings is 1. The molecular formula is C19H22ClN3O5. The van der Waals surface area contributed by atoms with Crippen LogP contribution in [0.1, 0.15) is 36.0 Å². The quantitative estimate of drug-likeness (QED) is 0.723. The molecule has 0 bridgehead atoms. The molecule has 8 nitrogen and oxygen atoms in total. The molecular weight excluding hydrogens is 386 g/mol. The standard InChI is InChI=1S/C19H22ClN3O5/c20-14-3-1-12(2-4-14)17(25)23-9-7-13(8-10-23)18(26)28-11-16(24)22-19(27)21-15-5-6-15/h1-4,13,15H,5-11H2,(H2,21,22,24,27). The van der Waals surface area contributed by atoms with Crippen LogP contribution in [0.25, 0.3) is 0 Å². The second-order valence-electron chi connectivity index (χ2n) is 6.98. The average Bonchev–Trinajstić information content (AvgIpc) is 3.50. The summed E-state index contributed by atoms with van der Waals surface area (Å²) in [6, 6.07) is 6.23. The Hall–Kier alpha value is -2.61. The second kappa shape index (κ2) is 9.05. The molecule has 3 rings (SSSR count). The van der Waals surface area contributed by atoms with Gasteiger partial charge in [0, 0.05) is 29.7 Å². The van der Waals surface area contributed by atoms with E-state index >= 15 is 0 Å². The summed E-state index contributed by atoms with van der Waals surface area (Å²) < 4.78 is 5.01. The first-order valence-corrected chi connectivity index (χ1v) is 9.62. The number of esters is 1. The molecule has 1 aliphatic heterocycles. The minimum absolute atomic E-state index is 0.107. The molecule has 1 heterocycles. The predicted octanol–water partition coefficient (Wildman–Crippen LogP) is 1.72. The van der Waals surface area contributed by atoms with E-state index in [0.717, 1.165) is 12.8 Å². The topological polar surface area (TPSA) is 105 Å². The van der Waals surface area contributed by atoms with Crippen LogP contribution in [0.15, 0.2) is 24.3 Å². The number of ether oxygens (including phenoxy) is 1. The van der Waals surface area contributed by atoms with Crippen molar-refractivity contribution in [3.05, 3.63) is 34.9 Å². The average molecular weight is 408 g/mol. The van der Waals surface area contributed by atoms with Crippen molar-refractivity contribution in [3.8, 4) is 0 Å². The summed E-state index contributed by atoms with van der Waals surface area (Å²) in [4.78, 5) is 49.4. The molecule has 0 unspecified atom stereocenters. The van der Waals surface area contributed by atoms with Crippen molar-refractivity contribution in [1.82, 2.24) is 15.5 Å². The highest BCUT2D eigenvalue weighted by atomic mass is 35.5. The molecule has 2 N–H and O–H groups in total. The summed E-state index contributed by atoms with van der Waals surface area (Å²) in [5.41, 5.74) is 0.548. The zero-order valence-corrected chi connectivity index (χ0v) is 16.0. The van der Waals surface area contributed by atoms with Crippen molar-refractivity contribution in [2.24, 2.45) is 5.92 Å². The van der Waals surface area contributed by atoms with Crippen LogP contribution < -0.4 is 10.6 Å². The lowest BCUT2D eigenvalue weighted by atomic mass is 9.96. The van der Waals surface area contributed by atoms with Crippen LogP contribution in [-0.2, 0) is 14.3 Å². The maximum atomic E-state index is 12.5. The smallest absolute Gasteiger partial charge is 0.321 e. The van der Waals surface area contributed by atoms with E-state index in [1.165, 1.54) is 0 Å². The highest BCUT2D eigenvalue weighted by Crippen LogP contribution is 2.21. The van der Waals surface area contributed by atoms with E-state index in [9.17, 15) is 19.2 Å². The first-order chi connectivity index (χ1) is 13.4. The lowest BCUT2D eigenvalue weighted by Crippen LogP contribution is -2.43. The maximum Gasteiger partial charge on any atom is 0.321 e. The minimum atomic E-state index is -0.665. The normalized spacial score (nSPS) is 17.0. The molecule has 0 radical (unpaired) electrons. The molecule has 0 atom stereocenters. The Labute approximate surface area is 167 Å². The molecule has 1 saturated heterocycles. The van der Waals surface area contributed by atoms with Crippen molar-refractivity contribution >= 4 is 35.4 Å². The van der Waals surface area contributed by atoms with Crippen LogP contribution in [0, 0.1) is 5.92 Å². The number of halogens is 1.